The van der Waals surface area contributed by atoms with Crippen molar-refractivity contribution in [3.63, 3.8) is 0 Å². The highest BCUT2D eigenvalue weighted by atomic mass is 32.1. The van der Waals surface area contributed by atoms with Crippen molar-refractivity contribution < 1.29 is 27.4 Å². The normalized spacial score (nSPS) is 11.5. The van der Waals surface area contributed by atoms with E-state index >= 15 is 0 Å². The molecular weight excluding hydrogens is 345 g/mol. The first kappa shape index (κ1) is 16.2. The predicted molar refractivity (Wildman–Crippen MR) is 80.9 cm³/mol. The average Bonchev–Trinajstić information content (AvgIpc) is 2.95. The highest BCUT2D eigenvalue weighted by molar-refractivity contribution is 7.20. The fourth-order valence-corrected chi connectivity index (χ4v) is 2.68. The summed E-state index contributed by atoms with van der Waals surface area (Å²) in [4.78, 5) is 18.7. The molecule has 0 aliphatic heterocycles. The zero-order valence-electron chi connectivity index (χ0n) is 11.9. The fourth-order valence-electron chi connectivity index (χ4n) is 1.87. The molecule has 0 bridgehead atoms. The summed E-state index contributed by atoms with van der Waals surface area (Å²) in [5, 5.41) is 0.328. The van der Waals surface area contributed by atoms with Crippen molar-refractivity contribution in [1.82, 2.24) is 9.97 Å². The summed E-state index contributed by atoms with van der Waals surface area (Å²) in [6.07, 6.45) is -2.43. The predicted octanol–water partition coefficient (Wildman–Crippen LogP) is 4.24. The van der Waals surface area contributed by atoms with Gasteiger partial charge in [0.05, 0.1) is 10.2 Å². The van der Waals surface area contributed by atoms with E-state index in [-0.39, 0.29) is 11.6 Å². The van der Waals surface area contributed by atoms with Crippen LogP contribution >= 0.6 is 11.3 Å². The number of rotatable bonds is 5. The molecule has 9 heteroatoms. The van der Waals surface area contributed by atoms with Crippen molar-refractivity contribution in [2.45, 2.75) is 6.18 Å². The van der Waals surface area contributed by atoms with Gasteiger partial charge in [-0.1, -0.05) is 0 Å². The largest absolute Gasteiger partial charge is 0.478 e. The summed E-state index contributed by atoms with van der Waals surface area (Å²) in [5.74, 6) is 0.146. The van der Waals surface area contributed by atoms with Gasteiger partial charge in [-0.05, 0) is 24.3 Å². The monoisotopic (exact) mass is 354 g/mol. The molecule has 0 aliphatic carbocycles. The number of fused-ring (bicyclic) bond motifs is 1. The molecule has 3 rings (SSSR count). The van der Waals surface area contributed by atoms with Gasteiger partial charge < -0.3 is 9.47 Å². The van der Waals surface area contributed by atoms with Gasteiger partial charge in [-0.25, -0.2) is 9.97 Å². The average molecular weight is 354 g/mol. The highest BCUT2D eigenvalue weighted by Gasteiger charge is 2.29. The van der Waals surface area contributed by atoms with Gasteiger partial charge in [0.2, 0.25) is 0 Å². The molecular formula is C15H9F3N2O3S. The number of benzene rings is 1. The molecule has 0 amide bonds. The van der Waals surface area contributed by atoms with E-state index in [2.05, 4.69) is 9.97 Å². The van der Waals surface area contributed by atoms with Crippen LogP contribution in [0, 0.1) is 0 Å². The standard InChI is InChI=1S/C15H9F3N2O3S/c16-15(17,18)8-22-11-2-1-5-19-14(11)23-9-3-4-10-12(6-9)24-13(7-21)20-10/h1-7H,8H2. The maximum absolute atomic E-state index is 12.3. The minimum absolute atomic E-state index is 0.0822. The third-order valence-corrected chi connectivity index (χ3v) is 3.76. The second-order valence-electron chi connectivity index (χ2n) is 4.61. The van der Waals surface area contributed by atoms with E-state index in [1.54, 1.807) is 18.2 Å². The minimum Gasteiger partial charge on any atom is -0.478 e. The number of pyridine rings is 1. The van der Waals surface area contributed by atoms with Gasteiger partial charge in [0.15, 0.2) is 23.7 Å². The Morgan fingerprint density at radius 2 is 2.08 bits per heavy atom. The van der Waals surface area contributed by atoms with Crippen LogP contribution in [0.15, 0.2) is 36.5 Å². The zero-order chi connectivity index (χ0) is 17.2. The Labute approximate surface area is 137 Å². The summed E-state index contributed by atoms with van der Waals surface area (Å²) in [6.45, 7) is -1.44. The molecule has 0 saturated carbocycles. The molecule has 0 spiro atoms. The Morgan fingerprint density at radius 1 is 1.25 bits per heavy atom. The Hall–Kier alpha value is -2.68. The van der Waals surface area contributed by atoms with Crippen molar-refractivity contribution in [3.8, 4) is 17.4 Å². The molecule has 0 saturated heterocycles. The van der Waals surface area contributed by atoms with E-state index in [4.69, 9.17) is 9.47 Å². The quantitative estimate of drug-likeness (QED) is 0.642. The van der Waals surface area contributed by atoms with Crippen molar-refractivity contribution in [3.05, 3.63) is 41.5 Å². The van der Waals surface area contributed by atoms with E-state index in [1.165, 1.54) is 29.7 Å². The first-order valence-corrected chi connectivity index (χ1v) is 7.44. The van der Waals surface area contributed by atoms with Crippen LogP contribution in [-0.2, 0) is 0 Å². The first-order chi connectivity index (χ1) is 11.4. The van der Waals surface area contributed by atoms with E-state index in [0.717, 1.165) is 0 Å². The Kier molecular flexibility index (Phi) is 4.34. The first-order valence-electron chi connectivity index (χ1n) is 6.63. The summed E-state index contributed by atoms with van der Waals surface area (Å²) < 4.78 is 47.8. The van der Waals surface area contributed by atoms with E-state index < -0.39 is 12.8 Å². The Balaban J connectivity index is 1.84. The number of aldehydes is 1. The Morgan fingerprint density at radius 3 is 2.83 bits per heavy atom. The number of alkyl halides is 3. The molecule has 2 aromatic heterocycles. The number of aromatic nitrogens is 2. The fraction of sp³-hybridized carbons (Fsp3) is 0.133. The lowest BCUT2D eigenvalue weighted by Gasteiger charge is -2.12. The van der Waals surface area contributed by atoms with Crippen LogP contribution in [0.4, 0.5) is 13.2 Å². The molecule has 0 fully saturated rings. The van der Waals surface area contributed by atoms with Crippen LogP contribution in [0.5, 0.6) is 17.4 Å². The van der Waals surface area contributed by atoms with Gasteiger partial charge >= 0.3 is 6.18 Å². The maximum Gasteiger partial charge on any atom is 0.422 e. The van der Waals surface area contributed by atoms with Gasteiger partial charge in [-0.3, -0.25) is 4.79 Å². The third kappa shape index (κ3) is 3.80. The lowest BCUT2D eigenvalue weighted by atomic mass is 10.3. The molecule has 5 nitrogen and oxygen atoms in total. The number of halogens is 3. The molecule has 0 radical (unpaired) electrons. The van der Waals surface area contributed by atoms with Crippen LogP contribution < -0.4 is 9.47 Å². The lowest BCUT2D eigenvalue weighted by molar-refractivity contribution is -0.153. The third-order valence-electron chi connectivity index (χ3n) is 2.82. The molecule has 0 unspecified atom stereocenters. The SMILES string of the molecule is O=Cc1nc2ccc(Oc3ncccc3OCC(F)(F)F)cc2s1. The van der Waals surface area contributed by atoms with Crippen molar-refractivity contribution in [2.75, 3.05) is 6.61 Å². The highest BCUT2D eigenvalue weighted by Crippen LogP contribution is 2.32. The van der Waals surface area contributed by atoms with Gasteiger partial charge in [-0.2, -0.15) is 13.2 Å². The van der Waals surface area contributed by atoms with Gasteiger partial charge in [0, 0.05) is 12.3 Å². The number of hydrogen-bond donors (Lipinski definition) is 0. The molecule has 0 N–H and O–H groups in total. The maximum atomic E-state index is 12.3. The van der Waals surface area contributed by atoms with Gasteiger partial charge in [0.25, 0.3) is 5.88 Å². The van der Waals surface area contributed by atoms with E-state index in [0.29, 0.717) is 27.3 Å². The van der Waals surface area contributed by atoms with Crippen LogP contribution in [0.1, 0.15) is 9.80 Å². The molecule has 124 valence electrons. The zero-order valence-corrected chi connectivity index (χ0v) is 12.7. The summed E-state index contributed by atoms with van der Waals surface area (Å²) >= 11 is 1.18. The molecule has 0 atom stereocenters. The molecule has 3 aromatic rings. The van der Waals surface area contributed by atoms with Crippen molar-refractivity contribution >= 4 is 27.8 Å². The van der Waals surface area contributed by atoms with Gasteiger partial charge in [-0.15, -0.1) is 11.3 Å². The van der Waals surface area contributed by atoms with E-state index in [1.807, 2.05) is 0 Å². The smallest absolute Gasteiger partial charge is 0.422 e. The van der Waals surface area contributed by atoms with E-state index in [9.17, 15) is 18.0 Å². The van der Waals surface area contributed by atoms with Crippen LogP contribution in [0.25, 0.3) is 10.2 Å². The number of hydrogen-bond acceptors (Lipinski definition) is 6. The second-order valence-corrected chi connectivity index (χ2v) is 5.67. The van der Waals surface area contributed by atoms with Crippen LogP contribution in [0.2, 0.25) is 0 Å². The Bertz CT molecular complexity index is 880. The lowest BCUT2D eigenvalue weighted by Crippen LogP contribution is -2.19. The van der Waals surface area contributed by atoms with Crippen LogP contribution in [0.3, 0.4) is 0 Å². The number of nitrogens with zero attached hydrogens (tertiary/aromatic N) is 2. The topological polar surface area (TPSA) is 61.3 Å². The number of ether oxygens (including phenoxy) is 2. The molecule has 2 heterocycles. The van der Waals surface area contributed by atoms with Crippen molar-refractivity contribution in [2.24, 2.45) is 0 Å². The number of carbonyl (C=O) groups is 1. The van der Waals surface area contributed by atoms with Gasteiger partial charge in [0.1, 0.15) is 5.75 Å². The molecule has 1 aromatic carbocycles. The molecule has 0 aliphatic rings. The number of carbonyl (C=O) groups excluding carboxylic acids is 1. The second kappa shape index (κ2) is 6.44. The summed E-state index contributed by atoms with van der Waals surface area (Å²) in [7, 11) is 0. The van der Waals surface area contributed by atoms with Crippen LogP contribution in [-0.4, -0.2) is 29.0 Å². The number of thiazole rings is 1. The van der Waals surface area contributed by atoms with Crippen molar-refractivity contribution in [1.29, 1.82) is 0 Å². The summed E-state index contributed by atoms with van der Waals surface area (Å²) in [5.41, 5.74) is 0.629. The summed E-state index contributed by atoms with van der Waals surface area (Å²) in [6, 6.07) is 7.64. The molecule has 24 heavy (non-hydrogen) atoms. The minimum atomic E-state index is -4.46.